The molecule has 3 atom stereocenters. The fourth-order valence-electron chi connectivity index (χ4n) is 5.24. The molecule has 0 N–H and O–H groups in total. The number of benzene rings is 1. The van der Waals surface area contributed by atoms with Crippen molar-refractivity contribution in [3.8, 4) is 0 Å². The number of carbonyl (C=O) groups excluding carboxylic acids is 3. The third kappa shape index (κ3) is 2.33. The number of hydrogen-bond acceptors (Lipinski definition) is 6. The van der Waals surface area contributed by atoms with Crippen LogP contribution in [-0.2, 0) is 9.53 Å². The van der Waals surface area contributed by atoms with Gasteiger partial charge in [0.2, 0.25) is 0 Å². The van der Waals surface area contributed by atoms with E-state index >= 15 is 0 Å². The molecule has 1 aliphatic heterocycles. The van der Waals surface area contributed by atoms with E-state index in [1.807, 2.05) is 0 Å². The first kappa shape index (κ1) is 18.6. The fourth-order valence-corrected chi connectivity index (χ4v) is 5.24. The molecule has 4 rings (SSSR count). The number of ether oxygens (including phenoxy) is 1. The minimum Gasteiger partial charge on any atom is -0.460 e. The van der Waals surface area contributed by atoms with Crippen LogP contribution >= 0.6 is 0 Å². The zero-order chi connectivity index (χ0) is 20.4. The summed E-state index contributed by atoms with van der Waals surface area (Å²) < 4.78 is 5.70. The summed E-state index contributed by atoms with van der Waals surface area (Å²) in [6.45, 7) is 5.98. The lowest BCUT2D eigenvalue weighted by Gasteiger charge is -2.38. The van der Waals surface area contributed by atoms with E-state index in [1.165, 1.54) is 18.2 Å². The lowest BCUT2D eigenvalue weighted by atomic mass is 9.70. The number of nitro groups is 1. The number of nitro benzene ring substituents is 1. The molecule has 28 heavy (non-hydrogen) atoms. The van der Waals surface area contributed by atoms with Crippen LogP contribution in [0.2, 0.25) is 0 Å². The van der Waals surface area contributed by atoms with Crippen LogP contribution in [0.1, 0.15) is 60.7 Å². The smallest absolute Gasteiger partial charge is 0.326 e. The molecule has 2 saturated carbocycles. The molecular formula is C20H22N2O6. The second-order valence-corrected chi connectivity index (χ2v) is 8.74. The van der Waals surface area contributed by atoms with Gasteiger partial charge in [0.25, 0.3) is 17.5 Å². The van der Waals surface area contributed by atoms with E-state index in [1.54, 1.807) is 0 Å². The Morgan fingerprint density at radius 2 is 2.00 bits per heavy atom. The predicted octanol–water partition coefficient (Wildman–Crippen LogP) is 2.95. The van der Waals surface area contributed by atoms with Gasteiger partial charge in [-0.15, -0.1) is 0 Å². The lowest BCUT2D eigenvalue weighted by Crippen LogP contribution is -2.41. The van der Waals surface area contributed by atoms with Gasteiger partial charge in [0.15, 0.2) is 0 Å². The van der Waals surface area contributed by atoms with Crippen molar-refractivity contribution >= 4 is 23.5 Å². The molecule has 8 nitrogen and oxygen atoms in total. The normalized spacial score (nSPS) is 29.9. The number of amides is 2. The number of carbonyl (C=O) groups is 3. The van der Waals surface area contributed by atoms with Crippen LogP contribution in [0.3, 0.4) is 0 Å². The first-order valence-corrected chi connectivity index (χ1v) is 9.41. The minimum absolute atomic E-state index is 0.0555. The third-order valence-corrected chi connectivity index (χ3v) is 7.45. The molecule has 1 aromatic rings. The third-order valence-electron chi connectivity index (χ3n) is 7.45. The Labute approximate surface area is 162 Å². The van der Waals surface area contributed by atoms with Crippen molar-refractivity contribution in [1.82, 2.24) is 4.90 Å². The monoisotopic (exact) mass is 386 g/mol. The second-order valence-electron chi connectivity index (χ2n) is 8.74. The molecule has 0 aromatic heterocycles. The average Bonchev–Trinajstić information content (AvgIpc) is 3.08. The van der Waals surface area contributed by atoms with E-state index in [2.05, 4.69) is 20.8 Å². The summed E-state index contributed by atoms with van der Waals surface area (Å²) in [4.78, 5) is 48.9. The highest BCUT2D eigenvalue weighted by Gasteiger charge is 2.63. The van der Waals surface area contributed by atoms with Crippen molar-refractivity contribution < 1.29 is 24.0 Å². The van der Waals surface area contributed by atoms with Crippen LogP contribution in [0, 0.1) is 26.9 Å². The SMILES string of the molecule is CC1(C)[C@@H]2CC[C@]1(C)[C@H](OC(=O)CN1C(=O)c3cccc([N+](=O)[O-])c3C1=O)C2. The maximum absolute atomic E-state index is 12.6. The maximum atomic E-state index is 12.6. The molecule has 2 amide bonds. The summed E-state index contributed by atoms with van der Waals surface area (Å²) in [5, 5.41) is 11.2. The summed E-state index contributed by atoms with van der Waals surface area (Å²) in [6.07, 6.45) is 2.61. The van der Waals surface area contributed by atoms with Crippen LogP contribution < -0.4 is 0 Å². The standard InChI is InChI=1S/C20H22N2O6/c1-19(2)11-7-8-20(19,3)14(9-11)28-15(23)10-21-17(24)12-5-4-6-13(22(26)27)16(12)18(21)25/h4-6,11,14H,7-10H2,1-3H3/t11-,14-,20-/m1/s1. The minimum atomic E-state index is -0.830. The summed E-state index contributed by atoms with van der Waals surface area (Å²) in [5.74, 6) is -1.71. The molecular weight excluding hydrogens is 364 g/mol. The van der Waals surface area contributed by atoms with E-state index in [0.717, 1.165) is 24.2 Å². The van der Waals surface area contributed by atoms with Gasteiger partial charge in [-0.2, -0.15) is 0 Å². The fraction of sp³-hybridized carbons (Fsp3) is 0.550. The highest BCUT2D eigenvalue weighted by molar-refractivity contribution is 6.24. The Bertz CT molecular complexity index is 923. The molecule has 0 unspecified atom stereocenters. The van der Waals surface area contributed by atoms with E-state index < -0.39 is 34.9 Å². The molecule has 0 spiro atoms. The van der Waals surface area contributed by atoms with Gasteiger partial charge < -0.3 is 4.74 Å². The van der Waals surface area contributed by atoms with Gasteiger partial charge in [-0.3, -0.25) is 29.4 Å². The van der Waals surface area contributed by atoms with Crippen molar-refractivity contribution in [2.45, 2.75) is 46.1 Å². The molecule has 148 valence electrons. The maximum Gasteiger partial charge on any atom is 0.326 e. The second kappa shape index (κ2) is 5.86. The Morgan fingerprint density at radius 1 is 1.29 bits per heavy atom. The van der Waals surface area contributed by atoms with E-state index in [0.29, 0.717) is 5.92 Å². The largest absolute Gasteiger partial charge is 0.460 e. The van der Waals surface area contributed by atoms with Crippen molar-refractivity contribution in [1.29, 1.82) is 0 Å². The number of rotatable bonds is 4. The number of nitrogens with zero attached hydrogens (tertiary/aromatic N) is 2. The molecule has 2 aliphatic carbocycles. The summed E-state index contributed by atoms with van der Waals surface area (Å²) in [7, 11) is 0. The van der Waals surface area contributed by atoms with Crippen LogP contribution in [0.25, 0.3) is 0 Å². The average molecular weight is 386 g/mol. The van der Waals surface area contributed by atoms with Crippen LogP contribution in [0.5, 0.6) is 0 Å². The van der Waals surface area contributed by atoms with Crippen molar-refractivity contribution in [3.05, 3.63) is 39.4 Å². The number of hydrogen-bond donors (Lipinski definition) is 0. The summed E-state index contributed by atoms with van der Waals surface area (Å²) in [5.41, 5.74) is -0.824. The molecule has 0 saturated heterocycles. The van der Waals surface area contributed by atoms with E-state index in [-0.39, 0.29) is 28.1 Å². The highest BCUT2D eigenvalue weighted by Crippen LogP contribution is 2.66. The van der Waals surface area contributed by atoms with E-state index in [9.17, 15) is 24.5 Å². The molecule has 2 fully saturated rings. The first-order chi connectivity index (χ1) is 13.1. The van der Waals surface area contributed by atoms with Crippen molar-refractivity contribution in [2.24, 2.45) is 16.7 Å². The van der Waals surface area contributed by atoms with Gasteiger partial charge in [0.05, 0.1) is 10.5 Å². The van der Waals surface area contributed by atoms with Crippen LogP contribution in [-0.4, -0.2) is 40.3 Å². The van der Waals surface area contributed by atoms with Gasteiger partial charge in [-0.25, -0.2) is 0 Å². The zero-order valence-electron chi connectivity index (χ0n) is 16.1. The quantitative estimate of drug-likeness (QED) is 0.341. The Balaban J connectivity index is 1.51. The van der Waals surface area contributed by atoms with Gasteiger partial charge in [0, 0.05) is 11.5 Å². The zero-order valence-corrected chi connectivity index (χ0v) is 16.1. The van der Waals surface area contributed by atoms with Gasteiger partial charge in [0.1, 0.15) is 18.2 Å². The Morgan fingerprint density at radius 3 is 2.57 bits per heavy atom. The molecule has 2 bridgehead atoms. The number of fused-ring (bicyclic) bond motifs is 3. The molecule has 3 aliphatic rings. The molecule has 1 aromatic carbocycles. The highest BCUT2D eigenvalue weighted by atomic mass is 16.6. The number of imide groups is 1. The Kier molecular flexibility index (Phi) is 3.89. The predicted molar refractivity (Wildman–Crippen MR) is 97.6 cm³/mol. The van der Waals surface area contributed by atoms with Crippen LogP contribution in [0.4, 0.5) is 5.69 Å². The molecule has 0 radical (unpaired) electrons. The molecule has 8 heteroatoms. The number of esters is 1. The first-order valence-electron chi connectivity index (χ1n) is 9.41. The van der Waals surface area contributed by atoms with Gasteiger partial charge in [-0.1, -0.05) is 26.8 Å². The summed E-state index contributed by atoms with van der Waals surface area (Å²) >= 11 is 0. The summed E-state index contributed by atoms with van der Waals surface area (Å²) in [6, 6.07) is 3.87. The van der Waals surface area contributed by atoms with Gasteiger partial charge >= 0.3 is 5.97 Å². The van der Waals surface area contributed by atoms with Gasteiger partial charge in [-0.05, 0) is 36.7 Å². The van der Waals surface area contributed by atoms with E-state index in [4.69, 9.17) is 4.74 Å². The molecule has 1 heterocycles. The van der Waals surface area contributed by atoms with Crippen molar-refractivity contribution in [2.75, 3.05) is 6.54 Å². The Hall–Kier alpha value is -2.77. The lowest BCUT2D eigenvalue weighted by molar-refractivity contribution is -0.385. The topological polar surface area (TPSA) is 107 Å². The van der Waals surface area contributed by atoms with Crippen molar-refractivity contribution in [3.63, 3.8) is 0 Å². The van der Waals surface area contributed by atoms with Crippen LogP contribution in [0.15, 0.2) is 18.2 Å².